The molecule has 0 aliphatic heterocycles. The van der Waals surface area contributed by atoms with E-state index in [9.17, 15) is 9.18 Å². The first-order chi connectivity index (χ1) is 11.6. The number of benzene rings is 1. The number of aromatic nitrogens is 1. The van der Waals surface area contributed by atoms with Crippen molar-refractivity contribution >= 4 is 22.9 Å². The molecule has 122 valence electrons. The number of thiophene rings is 1. The van der Waals surface area contributed by atoms with Gasteiger partial charge in [-0.2, -0.15) is 0 Å². The Labute approximate surface area is 142 Å². The third-order valence-corrected chi connectivity index (χ3v) is 5.26. The molecule has 3 aromatic rings. The van der Waals surface area contributed by atoms with E-state index in [-0.39, 0.29) is 11.7 Å². The van der Waals surface area contributed by atoms with Crippen molar-refractivity contribution in [3.8, 4) is 10.6 Å². The molecule has 0 saturated heterocycles. The van der Waals surface area contributed by atoms with Gasteiger partial charge >= 0.3 is 0 Å². The first-order valence-corrected chi connectivity index (χ1v) is 8.55. The molecule has 1 amide bonds. The van der Waals surface area contributed by atoms with Gasteiger partial charge in [-0.1, -0.05) is 17.3 Å². The number of halogens is 1. The largest absolute Gasteiger partial charge is 0.355 e. The number of nitrogens with zero attached hydrogens (tertiary/aromatic N) is 1. The van der Waals surface area contributed by atoms with Gasteiger partial charge in [-0.05, 0) is 48.9 Å². The molecule has 1 aliphatic carbocycles. The predicted molar refractivity (Wildman–Crippen MR) is 90.5 cm³/mol. The molecule has 1 fully saturated rings. The van der Waals surface area contributed by atoms with E-state index in [2.05, 4.69) is 10.5 Å². The van der Waals surface area contributed by atoms with Gasteiger partial charge in [0.05, 0.1) is 16.0 Å². The van der Waals surface area contributed by atoms with Crippen LogP contribution in [0.15, 0.2) is 46.3 Å². The lowest BCUT2D eigenvalue weighted by Gasteiger charge is -2.12. The van der Waals surface area contributed by atoms with Crippen molar-refractivity contribution in [3.63, 3.8) is 0 Å². The zero-order valence-corrected chi connectivity index (χ0v) is 13.8. The molecular weight excluding hydrogens is 327 g/mol. The summed E-state index contributed by atoms with van der Waals surface area (Å²) in [6.07, 6.45) is 1.42. The first kappa shape index (κ1) is 15.1. The van der Waals surface area contributed by atoms with Crippen LogP contribution >= 0.6 is 11.3 Å². The normalized spacial score (nSPS) is 15.2. The Morgan fingerprint density at radius 1 is 1.33 bits per heavy atom. The molecule has 1 N–H and O–H groups in total. The molecule has 6 heteroatoms. The Morgan fingerprint density at radius 3 is 2.83 bits per heavy atom. The summed E-state index contributed by atoms with van der Waals surface area (Å²) >= 11 is 1.56. The molecule has 24 heavy (non-hydrogen) atoms. The fourth-order valence-electron chi connectivity index (χ4n) is 2.68. The third-order valence-electron chi connectivity index (χ3n) is 4.38. The third kappa shape index (κ3) is 2.53. The van der Waals surface area contributed by atoms with Crippen LogP contribution in [0.5, 0.6) is 0 Å². The van der Waals surface area contributed by atoms with Crippen LogP contribution < -0.4 is 5.32 Å². The van der Waals surface area contributed by atoms with Gasteiger partial charge in [0.15, 0.2) is 5.76 Å². The van der Waals surface area contributed by atoms with Crippen molar-refractivity contribution in [1.29, 1.82) is 0 Å². The number of amides is 1. The maximum atomic E-state index is 13.6. The lowest BCUT2D eigenvalue weighted by Crippen LogP contribution is -2.28. The number of carbonyl (C=O) groups is 1. The number of aryl methyl sites for hydroxylation is 1. The summed E-state index contributed by atoms with van der Waals surface area (Å²) in [5.74, 6) is 0.163. The second kappa shape index (κ2) is 5.56. The lowest BCUT2D eigenvalue weighted by atomic mass is 10.0. The second-order valence-electron chi connectivity index (χ2n) is 6.05. The van der Waals surface area contributed by atoms with Crippen LogP contribution in [-0.2, 0) is 10.2 Å². The van der Waals surface area contributed by atoms with Crippen LogP contribution in [0.2, 0.25) is 0 Å². The Morgan fingerprint density at radius 2 is 2.17 bits per heavy atom. The van der Waals surface area contributed by atoms with Crippen LogP contribution in [0.25, 0.3) is 10.6 Å². The number of carbonyl (C=O) groups excluding carboxylic acids is 1. The van der Waals surface area contributed by atoms with Crippen LogP contribution in [0.3, 0.4) is 0 Å². The van der Waals surface area contributed by atoms with Gasteiger partial charge < -0.3 is 9.84 Å². The van der Waals surface area contributed by atoms with Gasteiger partial charge in [0.1, 0.15) is 5.82 Å². The number of rotatable bonds is 4. The molecule has 4 nitrogen and oxygen atoms in total. The van der Waals surface area contributed by atoms with Crippen molar-refractivity contribution in [2.24, 2.45) is 0 Å². The van der Waals surface area contributed by atoms with E-state index in [1.807, 2.05) is 23.6 Å². The van der Waals surface area contributed by atoms with Crippen molar-refractivity contribution < 1.29 is 13.7 Å². The zero-order chi connectivity index (χ0) is 16.7. The molecule has 2 heterocycles. The standard InChI is InChI=1S/C18H15FN2O2S/c1-11-4-5-12(9-13(11)19)20-17(22)18(6-7-18)16-10-14(23-21-16)15-3-2-8-24-15/h2-5,8-10H,6-7H2,1H3,(H,20,22). The smallest absolute Gasteiger partial charge is 0.236 e. The van der Waals surface area contributed by atoms with Crippen molar-refractivity contribution in [1.82, 2.24) is 5.16 Å². The highest BCUT2D eigenvalue weighted by molar-refractivity contribution is 7.13. The molecule has 0 spiro atoms. The van der Waals surface area contributed by atoms with Crippen LogP contribution in [-0.4, -0.2) is 11.1 Å². The SMILES string of the molecule is Cc1ccc(NC(=O)C2(c3cc(-c4cccs4)on3)CC2)cc1F. The van der Waals surface area contributed by atoms with Gasteiger partial charge in [0.25, 0.3) is 0 Å². The Bertz CT molecular complexity index is 898. The van der Waals surface area contributed by atoms with Crippen LogP contribution in [0.4, 0.5) is 10.1 Å². The zero-order valence-electron chi connectivity index (χ0n) is 13.0. The van der Waals surface area contributed by atoms with E-state index in [0.29, 0.717) is 35.5 Å². The summed E-state index contributed by atoms with van der Waals surface area (Å²) in [7, 11) is 0. The molecule has 1 aromatic carbocycles. The quantitative estimate of drug-likeness (QED) is 0.758. The molecule has 0 unspecified atom stereocenters. The van der Waals surface area contributed by atoms with Gasteiger partial charge in [0.2, 0.25) is 5.91 Å². The van der Waals surface area contributed by atoms with Crippen LogP contribution in [0.1, 0.15) is 24.1 Å². The fraction of sp³-hybridized carbons (Fsp3) is 0.222. The number of hydrogen-bond acceptors (Lipinski definition) is 4. The number of nitrogens with one attached hydrogen (secondary N) is 1. The molecule has 4 rings (SSSR count). The topological polar surface area (TPSA) is 55.1 Å². The van der Waals surface area contributed by atoms with Crippen molar-refractivity contribution in [2.75, 3.05) is 5.32 Å². The summed E-state index contributed by atoms with van der Waals surface area (Å²) in [5, 5.41) is 8.86. The van der Waals surface area contributed by atoms with E-state index < -0.39 is 5.41 Å². The molecular formula is C18H15FN2O2S. The summed E-state index contributed by atoms with van der Waals surface area (Å²) in [6.45, 7) is 1.69. The summed E-state index contributed by atoms with van der Waals surface area (Å²) in [6, 6.07) is 10.4. The summed E-state index contributed by atoms with van der Waals surface area (Å²) in [4.78, 5) is 13.7. The highest BCUT2D eigenvalue weighted by Gasteiger charge is 2.53. The minimum Gasteiger partial charge on any atom is -0.355 e. The number of hydrogen-bond donors (Lipinski definition) is 1. The summed E-state index contributed by atoms with van der Waals surface area (Å²) in [5.41, 5.74) is 0.971. The van der Waals surface area contributed by atoms with E-state index in [4.69, 9.17) is 4.52 Å². The molecule has 0 bridgehead atoms. The number of anilines is 1. The Kier molecular flexibility index (Phi) is 3.49. The maximum absolute atomic E-state index is 13.6. The van der Waals surface area contributed by atoms with E-state index >= 15 is 0 Å². The molecule has 0 radical (unpaired) electrons. The van der Waals surface area contributed by atoms with E-state index in [0.717, 1.165) is 4.88 Å². The van der Waals surface area contributed by atoms with E-state index in [1.165, 1.54) is 6.07 Å². The maximum Gasteiger partial charge on any atom is 0.236 e. The van der Waals surface area contributed by atoms with Gasteiger partial charge in [-0.3, -0.25) is 4.79 Å². The van der Waals surface area contributed by atoms with Gasteiger partial charge in [-0.15, -0.1) is 11.3 Å². The van der Waals surface area contributed by atoms with E-state index in [1.54, 1.807) is 30.4 Å². The van der Waals surface area contributed by atoms with Crippen LogP contribution in [0, 0.1) is 12.7 Å². The highest BCUT2D eigenvalue weighted by Crippen LogP contribution is 2.49. The molecule has 0 atom stereocenters. The van der Waals surface area contributed by atoms with Gasteiger partial charge in [0, 0.05) is 11.8 Å². The monoisotopic (exact) mass is 342 g/mol. The average molecular weight is 342 g/mol. The van der Waals surface area contributed by atoms with Crippen molar-refractivity contribution in [2.45, 2.75) is 25.2 Å². The molecule has 2 aromatic heterocycles. The van der Waals surface area contributed by atoms with Gasteiger partial charge in [-0.25, -0.2) is 4.39 Å². The highest BCUT2D eigenvalue weighted by atomic mass is 32.1. The molecule has 1 saturated carbocycles. The second-order valence-corrected chi connectivity index (χ2v) is 7.00. The lowest BCUT2D eigenvalue weighted by molar-refractivity contribution is -0.118. The predicted octanol–water partition coefficient (Wildman–Crippen LogP) is 4.52. The first-order valence-electron chi connectivity index (χ1n) is 7.67. The fourth-order valence-corrected chi connectivity index (χ4v) is 3.35. The summed E-state index contributed by atoms with van der Waals surface area (Å²) < 4.78 is 19.0. The minimum atomic E-state index is -0.666. The van der Waals surface area contributed by atoms with Crippen molar-refractivity contribution in [3.05, 3.63) is 58.9 Å². The Hall–Kier alpha value is -2.47. The molecule has 1 aliphatic rings. The average Bonchev–Trinajstić information content (AvgIpc) is 3.00. The minimum absolute atomic E-state index is 0.170. The Balaban J connectivity index is 1.56.